The molecular formula is C10H11BrN2O2. The van der Waals surface area contributed by atoms with Crippen LogP contribution in [0.25, 0.3) is 6.08 Å². The zero-order valence-corrected chi connectivity index (χ0v) is 9.82. The first-order chi connectivity index (χ1) is 7.13. The Hall–Kier alpha value is -1.36. The fourth-order valence-electron chi connectivity index (χ4n) is 0.932. The maximum atomic E-state index is 11.0. The zero-order valence-electron chi connectivity index (χ0n) is 8.24. The molecule has 1 aromatic heterocycles. The number of hydrogen-bond donors (Lipinski definition) is 1. The van der Waals surface area contributed by atoms with Crippen molar-refractivity contribution in [3.8, 4) is 0 Å². The lowest BCUT2D eigenvalue weighted by molar-refractivity contribution is -0.137. The van der Waals surface area contributed by atoms with Crippen molar-refractivity contribution >= 4 is 33.7 Å². The van der Waals surface area contributed by atoms with Crippen LogP contribution in [0.3, 0.4) is 0 Å². The molecule has 15 heavy (non-hydrogen) atoms. The van der Waals surface area contributed by atoms with Crippen molar-refractivity contribution in [2.24, 2.45) is 0 Å². The van der Waals surface area contributed by atoms with E-state index in [9.17, 15) is 4.79 Å². The standard InChI is InChI=1S/C10H11BrN2O2/c1-2-15-10(14)6-4-8-7(12)3-5-9(11)13-8/h3-6H,2,12H2,1H3. The highest BCUT2D eigenvalue weighted by atomic mass is 79.9. The first-order valence-corrected chi connectivity index (χ1v) is 5.19. The fraction of sp³-hybridized carbons (Fsp3) is 0.200. The summed E-state index contributed by atoms with van der Waals surface area (Å²) in [7, 11) is 0. The Morgan fingerprint density at radius 1 is 1.67 bits per heavy atom. The summed E-state index contributed by atoms with van der Waals surface area (Å²) in [6.45, 7) is 2.10. The minimum absolute atomic E-state index is 0.352. The van der Waals surface area contributed by atoms with Gasteiger partial charge in [0.25, 0.3) is 0 Å². The lowest BCUT2D eigenvalue weighted by atomic mass is 10.3. The van der Waals surface area contributed by atoms with Gasteiger partial charge in [0.05, 0.1) is 18.0 Å². The lowest BCUT2D eigenvalue weighted by Crippen LogP contribution is -1.99. The molecule has 80 valence electrons. The number of nitrogens with two attached hydrogens (primary N) is 1. The van der Waals surface area contributed by atoms with E-state index in [4.69, 9.17) is 10.5 Å². The predicted molar refractivity (Wildman–Crippen MR) is 62.0 cm³/mol. The number of hydrogen-bond acceptors (Lipinski definition) is 4. The first-order valence-electron chi connectivity index (χ1n) is 4.40. The van der Waals surface area contributed by atoms with Gasteiger partial charge in [-0.25, -0.2) is 9.78 Å². The number of carbonyl (C=O) groups is 1. The van der Waals surface area contributed by atoms with E-state index in [2.05, 4.69) is 20.9 Å². The summed E-state index contributed by atoms with van der Waals surface area (Å²) in [6, 6.07) is 3.44. The number of nitrogens with zero attached hydrogens (tertiary/aromatic N) is 1. The number of halogens is 1. The van der Waals surface area contributed by atoms with Crippen molar-refractivity contribution in [2.75, 3.05) is 12.3 Å². The van der Waals surface area contributed by atoms with Gasteiger partial charge in [0.1, 0.15) is 4.60 Å². The third-order valence-electron chi connectivity index (χ3n) is 1.59. The maximum Gasteiger partial charge on any atom is 0.330 e. The molecule has 0 amide bonds. The molecule has 1 aromatic rings. The number of rotatable bonds is 3. The number of aromatic nitrogens is 1. The summed E-state index contributed by atoms with van der Waals surface area (Å²) < 4.78 is 5.39. The second-order valence-electron chi connectivity index (χ2n) is 2.69. The molecule has 0 aliphatic rings. The van der Waals surface area contributed by atoms with Crippen molar-refractivity contribution in [2.45, 2.75) is 6.92 Å². The first kappa shape index (κ1) is 11.7. The molecule has 1 rings (SSSR count). The molecule has 0 radical (unpaired) electrons. The Morgan fingerprint density at radius 2 is 2.40 bits per heavy atom. The minimum Gasteiger partial charge on any atom is -0.463 e. The number of esters is 1. The molecule has 4 nitrogen and oxygen atoms in total. The monoisotopic (exact) mass is 270 g/mol. The lowest BCUT2D eigenvalue weighted by Gasteiger charge is -1.99. The molecule has 0 aliphatic carbocycles. The van der Waals surface area contributed by atoms with Crippen LogP contribution in [0.15, 0.2) is 22.8 Å². The molecule has 1 heterocycles. The van der Waals surface area contributed by atoms with Gasteiger partial charge in [-0.05, 0) is 41.1 Å². The van der Waals surface area contributed by atoms with Crippen LogP contribution in [-0.2, 0) is 9.53 Å². The number of carbonyl (C=O) groups excluding carboxylic acids is 1. The molecule has 0 aromatic carbocycles. The van der Waals surface area contributed by atoms with E-state index in [1.54, 1.807) is 19.1 Å². The summed E-state index contributed by atoms with van der Waals surface area (Å²) in [5.74, 6) is -0.404. The molecule has 0 bridgehead atoms. The van der Waals surface area contributed by atoms with Crippen LogP contribution in [0.4, 0.5) is 5.69 Å². The van der Waals surface area contributed by atoms with Crippen LogP contribution in [0.2, 0.25) is 0 Å². The van der Waals surface area contributed by atoms with Gasteiger partial charge in [-0.3, -0.25) is 0 Å². The average Bonchev–Trinajstić information content (AvgIpc) is 2.20. The molecule has 0 fully saturated rings. The Kier molecular flexibility index (Phi) is 4.30. The zero-order chi connectivity index (χ0) is 11.3. The molecule has 0 saturated carbocycles. The summed E-state index contributed by atoms with van der Waals surface area (Å²) in [4.78, 5) is 15.1. The number of anilines is 1. The SMILES string of the molecule is CCOC(=O)C=Cc1nc(Br)ccc1N. The predicted octanol–water partition coefficient (Wildman–Crippen LogP) is 2.00. The quantitative estimate of drug-likeness (QED) is 0.518. The van der Waals surface area contributed by atoms with Crippen LogP contribution in [0.5, 0.6) is 0 Å². The Labute approximate surface area is 96.3 Å². The second-order valence-corrected chi connectivity index (χ2v) is 3.51. The normalized spacial score (nSPS) is 10.5. The van der Waals surface area contributed by atoms with E-state index in [-0.39, 0.29) is 0 Å². The van der Waals surface area contributed by atoms with Crippen LogP contribution in [0.1, 0.15) is 12.6 Å². The van der Waals surface area contributed by atoms with Gasteiger partial charge in [0.15, 0.2) is 0 Å². The molecule has 0 saturated heterocycles. The van der Waals surface area contributed by atoms with E-state index in [0.717, 1.165) is 0 Å². The van der Waals surface area contributed by atoms with Crippen molar-refractivity contribution < 1.29 is 9.53 Å². The summed E-state index contributed by atoms with van der Waals surface area (Å²) in [5.41, 5.74) is 6.71. The van der Waals surface area contributed by atoms with Gasteiger partial charge in [0, 0.05) is 6.08 Å². The number of nitrogen functional groups attached to an aromatic ring is 1. The Morgan fingerprint density at radius 3 is 3.07 bits per heavy atom. The van der Waals surface area contributed by atoms with Crippen LogP contribution in [-0.4, -0.2) is 17.6 Å². The van der Waals surface area contributed by atoms with Crippen LogP contribution >= 0.6 is 15.9 Å². The molecule has 0 atom stereocenters. The van der Waals surface area contributed by atoms with E-state index >= 15 is 0 Å². The van der Waals surface area contributed by atoms with Gasteiger partial charge in [-0.15, -0.1) is 0 Å². The highest BCUT2D eigenvalue weighted by molar-refractivity contribution is 9.10. The molecule has 2 N–H and O–H groups in total. The third-order valence-corrected chi connectivity index (χ3v) is 2.03. The maximum absolute atomic E-state index is 11.0. The van der Waals surface area contributed by atoms with E-state index < -0.39 is 5.97 Å². The van der Waals surface area contributed by atoms with E-state index in [1.807, 2.05) is 0 Å². The number of ether oxygens (including phenoxy) is 1. The fourth-order valence-corrected chi connectivity index (χ4v) is 1.25. The highest BCUT2D eigenvalue weighted by Gasteiger charge is 1.99. The van der Waals surface area contributed by atoms with E-state index in [1.165, 1.54) is 12.2 Å². The minimum atomic E-state index is -0.404. The average molecular weight is 271 g/mol. The van der Waals surface area contributed by atoms with Crippen molar-refractivity contribution in [3.05, 3.63) is 28.5 Å². The van der Waals surface area contributed by atoms with Gasteiger partial charge in [-0.2, -0.15) is 0 Å². The van der Waals surface area contributed by atoms with Crippen molar-refractivity contribution in [1.82, 2.24) is 4.98 Å². The van der Waals surface area contributed by atoms with Crippen molar-refractivity contribution in [3.63, 3.8) is 0 Å². The largest absolute Gasteiger partial charge is 0.463 e. The van der Waals surface area contributed by atoms with Gasteiger partial charge >= 0.3 is 5.97 Å². The molecule has 0 unspecified atom stereocenters. The van der Waals surface area contributed by atoms with Crippen molar-refractivity contribution in [1.29, 1.82) is 0 Å². The van der Waals surface area contributed by atoms with Gasteiger partial charge < -0.3 is 10.5 Å². The number of pyridine rings is 1. The third kappa shape index (κ3) is 3.71. The summed E-state index contributed by atoms with van der Waals surface area (Å²) in [6.07, 6.45) is 2.83. The van der Waals surface area contributed by atoms with Gasteiger partial charge in [0.2, 0.25) is 0 Å². The van der Waals surface area contributed by atoms with Crippen LogP contribution in [0, 0.1) is 0 Å². The van der Waals surface area contributed by atoms with E-state index in [0.29, 0.717) is 22.6 Å². The topological polar surface area (TPSA) is 65.2 Å². The molecular weight excluding hydrogens is 260 g/mol. The summed E-state index contributed by atoms with van der Waals surface area (Å²) in [5, 5.41) is 0. The van der Waals surface area contributed by atoms with Crippen LogP contribution < -0.4 is 5.73 Å². The molecule has 0 aliphatic heterocycles. The highest BCUT2D eigenvalue weighted by Crippen LogP contribution is 2.15. The Balaban J connectivity index is 2.79. The second kappa shape index (κ2) is 5.50. The molecule has 0 spiro atoms. The summed E-state index contributed by atoms with van der Waals surface area (Å²) >= 11 is 3.22. The smallest absolute Gasteiger partial charge is 0.330 e. The van der Waals surface area contributed by atoms with Gasteiger partial charge in [-0.1, -0.05) is 0 Å². The Bertz CT molecular complexity index is 391. The molecule has 5 heteroatoms.